The lowest BCUT2D eigenvalue weighted by Crippen LogP contribution is -2.21. The number of benzene rings is 1. The first kappa shape index (κ1) is 18.1. The number of hydrogen-bond donors (Lipinski definition) is 1. The van der Waals surface area contributed by atoms with Crippen LogP contribution < -0.4 is 5.32 Å². The van der Waals surface area contributed by atoms with Crippen molar-refractivity contribution < 1.29 is 0 Å². The fourth-order valence-corrected chi connectivity index (χ4v) is 3.18. The molecule has 1 rings (SSSR count). The normalized spacial score (nSPS) is 11.1. The summed E-state index contributed by atoms with van der Waals surface area (Å²) in [6, 6.07) is 5.23. The van der Waals surface area contributed by atoms with E-state index in [1.54, 1.807) is 0 Å². The molecule has 120 valence electrons. The van der Waals surface area contributed by atoms with Gasteiger partial charge in [0, 0.05) is 11.7 Å². The summed E-state index contributed by atoms with van der Waals surface area (Å²) in [5, 5.41) is 3.86. The molecule has 0 fully saturated rings. The molecule has 0 radical (unpaired) electrons. The van der Waals surface area contributed by atoms with Crippen LogP contribution in [0.1, 0.15) is 81.9 Å². The van der Waals surface area contributed by atoms with E-state index in [-0.39, 0.29) is 0 Å². The van der Waals surface area contributed by atoms with Crippen molar-refractivity contribution in [3.63, 3.8) is 0 Å². The number of anilines is 1. The van der Waals surface area contributed by atoms with E-state index in [0.29, 0.717) is 6.04 Å². The highest BCUT2D eigenvalue weighted by Gasteiger charge is 2.11. The first-order chi connectivity index (χ1) is 10.1. The van der Waals surface area contributed by atoms with Crippen LogP contribution in [-0.4, -0.2) is 6.04 Å². The molecule has 0 heterocycles. The summed E-state index contributed by atoms with van der Waals surface area (Å²) in [6.07, 6.45) is 10.7. The van der Waals surface area contributed by atoms with Crippen molar-refractivity contribution in [3.8, 4) is 0 Å². The molecule has 0 amide bonds. The van der Waals surface area contributed by atoms with E-state index in [9.17, 15) is 0 Å². The Kier molecular flexibility index (Phi) is 8.49. The third-order valence-corrected chi connectivity index (χ3v) is 4.34. The Morgan fingerprint density at radius 2 is 1.29 bits per heavy atom. The van der Waals surface area contributed by atoms with Crippen molar-refractivity contribution >= 4 is 5.69 Å². The molecule has 0 saturated carbocycles. The standard InChI is InChI=1S/C20H35N/c1-6-8-10-12-19(13-11-9-7-2)21-20-17(4)14-16(3)15-18(20)5/h14-15,19,21H,6-13H2,1-5H3. The van der Waals surface area contributed by atoms with Crippen LogP contribution >= 0.6 is 0 Å². The zero-order valence-electron chi connectivity index (χ0n) is 14.9. The highest BCUT2D eigenvalue weighted by atomic mass is 14.9. The smallest absolute Gasteiger partial charge is 0.0401 e. The maximum absolute atomic E-state index is 3.86. The van der Waals surface area contributed by atoms with Crippen molar-refractivity contribution in [2.75, 3.05) is 5.32 Å². The third kappa shape index (κ3) is 6.54. The zero-order valence-corrected chi connectivity index (χ0v) is 14.9. The van der Waals surface area contributed by atoms with Gasteiger partial charge in [-0.05, 0) is 44.7 Å². The number of aryl methyl sites for hydroxylation is 3. The highest BCUT2D eigenvalue weighted by molar-refractivity contribution is 5.58. The van der Waals surface area contributed by atoms with Crippen molar-refractivity contribution in [1.82, 2.24) is 0 Å². The summed E-state index contributed by atoms with van der Waals surface area (Å²) in [5.41, 5.74) is 5.52. The summed E-state index contributed by atoms with van der Waals surface area (Å²) in [4.78, 5) is 0. The van der Waals surface area contributed by atoms with Gasteiger partial charge < -0.3 is 5.32 Å². The van der Waals surface area contributed by atoms with Gasteiger partial charge in [-0.2, -0.15) is 0 Å². The fourth-order valence-electron chi connectivity index (χ4n) is 3.18. The van der Waals surface area contributed by atoms with Gasteiger partial charge >= 0.3 is 0 Å². The molecule has 0 unspecified atom stereocenters. The van der Waals surface area contributed by atoms with Crippen LogP contribution in [0.15, 0.2) is 12.1 Å². The molecule has 0 aliphatic carbocycles. The zero-order chi connectivity index (χ0) is 15.7. The molecular weight excluding hydrogens is 254 g/mol. The highest BCUT2D eigenvalue weighted by Crippen LogP contribution is 2.25. The molecule has 21 heavy (non-hydrogen) atoms. The van der Waals surface area contributed by atoms with Gasteiger partial charge in [0.05, 0.1) is 0 Å². The van der Waals surface area contributed by atoms with E-state index in [2.05, 4.69) is 52.1 Å². The molecule has 0 atom stereocenters. The Morgan fingerprint density at radius 1 is 0.810 bits per heavy atom. The van der Waals surface area contributed by atoms with E-state index in [0.717, 1.165) is 0 Å². The van der Waals surface area contributed by atoms with E-state index < -0.39 is 0 Å². The summed E-state index contributed by atoms with van der Waals surface area (Å²) in [5.74, 6) is 0. The van der Waals surface area contributed by atoms with E-state index in [1.807, 2.05) is 0 Å². The molecule has 0 saturated heterocycles. The lowest BCUT2D eigenvalue weighted by Gasteiger charge is -2.23. The quantitative estimate of drug-likeness (QED) is 0.481. The minimum Gasteiger partial charge on any atom is -0.382 e. The average Bonchev–Trinajstić information content (AvgIpc) is 2.42. The van der Waals surface area contributed by atoms with E-state index >= 15 is 0 Å². The molecule has 0 aliphatic heterocycles. The lowest BCUT2D eigenvalue weighted by atomic mass is 9.99. The van der Waals surface area contributed by atoms with Gasteiger partial charge in [-0.3, -0.25) is 0 Å². The van der Waals surface area contributed by atoms with Crippen LogP contribution in [0.5, 0.6) is 0 Å². The van der Waals surface area contributed by atoms with Crippen LogP contribution in [0.2, 0.25) is 0 Å². The second-order valence-corrected chi connectivity index (χ2v) is 6.61. The maximum Gasteiger partial charge on any atom is 0.0401 e. The Bertz CT molecular complexity index is 375. The first-order valence-electron chi connectivity index (χ1n) is 8.92. The third-order valence-electron chi connectivity index (χ3n) is 4.34. The van der Waals surface area contributed by atoms with Gasteiger partial charge in [0.1, 0.15) is 0 Å². The van der Waals surface area contributed by atoms with E-state index in [1.165, 1.54) is 73.7 Å². The van der Waals surface area contributed by atoms with Crippen LogP contribution in [0.3, 0.4) is 0 Å². The van der Waals surface area contributed by atoms with Gasteiger partial charge in [-0.1, -0.05) is 70.1 Å². The number of hydrogen-bond acceptors (Lipinski definition) is 1. The van der Waals surface area contributed by atoms with Gasteiger partial charge in [-0.25, -0.2) is 0 Å². The molecule has 0 aliphatic rings. The molecule has 1 N–H and O–H groups in total. The summed E-state index contributed by atoms with van der Waals surface area (Å²) in [7, 11) is 0. The molecular formula is C20H35N. The molecule has 0 bridgehead atoms. The fraction of sp³-hybridized carbons (Fsp3) is 0.700. The van der Waals surface area contributed by atoms with Gasteiger partial charge in [0.15, 0.2) is 0 Å². The molecule has 1 nitrogen and oxygen atoms in total. The predicted octanol–water partition coefficient (Wildman–Crippen LogP) is 6.55. The van der Waals surface area contributed by atoms with Crippen molar-refractivity contribution in [3.05, 3.63) is 28.8 Å². The van der Waals surface area contributed by atoms with Gasteiger partial charge in [0.2, 0.25) is 0 Å². The Morgan fingerprint density at radius 3 is 1.71 bits per heavy atom. The van der Waals surface area contributed by atoms with Crippen molar-refractivity contribution in [1.29, 1.82) is 0 Å². The Labute approximate surface area is 132 Å². The minimum absolute atomic E-state index is 0.642. The largest absolute Gasteiger partial charge is 0.382 e. The minimum atomic E-state index is 0.642. The second kappa shape index (κ2) is 9.87. The topological polar surface area (TPSA) is 12.0 Å². The Balaban J connectivity index is 2.69. The SMILES string of the molecule is CCCCCC(CCCCC)Nc1c(C)cc(C)cc1C. The van der Waals surface area contributed by atoms with Crippen LogP contribution in [0.4, 0.5) is 5.69 Å². The summed E-state index contributed by atoms with van der Waals surface area (Å²) < 4.78 is 0. The summed E-state index contributed by atoms with van der Waals surface area (Å²) in [6.45, 7) is 11.2. The second-order valence-electron chi connectivity index (χ2n) is 6.61. The van der Waals surface area contributed by atoms with Crippen LogP contribution in [0.25, 0.3) is 0 Å². The average molecular weight is 290 g/mol. The maximum atomic E-state index is 3.86. The number of nitrogens with one attached hydrogen (secondary N) is 1. The number of unbranched alkanes of at least 4 members (excludes halogenated alkanes) is 4. The van der Waals surface area contributed by atoms with Crippen LogP contribution in [-0.2, 0) is 0 Å². The molecule has 0 spiro atoms. The van der Waals surface area contributed by atoms with Gasteiger partial charge in [0.25, 0.3) is 0 Å². The number of rotatable bonds is 10. The monoisotopic (exact) mass is 289 g/mol. The predicted molar refractivity (Wildman–Crippen MR) is 96.3 cm³/mol. The lowest BCUT2D eigenvalue weighted by molar-refractivity contribution is 0.526. The summed E-state index contributed by atoms with van der Waals surface area (Å²) >= 11 is 0. The van der Waals surface area contributed by atoms with Crippen molar-refractivity contribution in [2.24, 2.45) is 0 Å². The molecule has 1 aromatic carbocycles. The first-order valence-corrected chi connectivity index (χ1v) is 8.92. The van der Waals surface area contributed by atoms with Gasteiger partial charge in [-0.15, -0.1) is 0 Å². The molecule has 1 aromatic rings. The van der Waals surface area contributed by atoms with Crippen LogP contribution in [0, 0.1) is 20.8 Å². The van der Waals surface area contributed by atoms with E-state index in [4.69, 9.17) is 0 Å². The molecule has 0 aromatic heterocycles. The molecule has 1 heteroatoms. The Hall–Kier alpha value is -0.980. The van der Waals surface area contributed by atoms with Crippen molar-refractivity contribution in [2.45, 2.75) is 92.0 Å².